The van der Waals surface area contributed by atoms with Crippen LogP contribution in [-0.4, -0.2) is 49.9 Å². The second-order valence-electron chi connectivity index (χ2n) is 6.52. The Balaban J connectivity index is 1.82. The zero-order chi connectivity index (χ0) is 22.5. The number of thiophene rings is 1. The molecule has 162 valence electrons. The van der Waals surface area contributed by atoms with Crippen LogP contribution in [0.3, 0.4) is 0 Å². The minimum atomic E-state index is -1.00. The zero-order valence-electron chi connectivity index (χ0n) is 17.2. The van der Waals surface area contributed by atoms with E-state index in [0.717, 1.165) is 10.4 Å². The Kier molecular flexibility index (Phi) is 6.67. The van der Waals surface area contributed by atoms with Crippen molar-refractivity contribution in [3.8, 4) is 23.3 Å². The molecular formula is C21H21N3O6S. The lowest BCUT2D eigenvalue weighted by molar-refractivity contribution is -0.111. The Morgan fingerprint density at radius 2 is 1.97 bits per heavy atom. The summed E-state index contributed by atoms with van der Waals surface area (Å²) in [6.45, 7) is 0.526. The molecular weight excluding hydrogens is 422 g/mol. The second kappa shape index (κ2) is 9.40. The van der Waals surface area contributed by atoms with Gasteiger partial charge in [0.1, 0.15) is 11.1 Å². The molecule has 1 aromatic heterocycles. The predicted molar refractivity (Wildman–Crippen MR) is 115 cm³/mol. The molecule has 0 aliphatic carbocycles. The average molecular weight is 443 g/mol. The molecule has 0 unspecified atom stereocenters. The highest BCUT2D eigenvalue weighted by Crippen LogP contribution is 2.40. The molecule has 1 aliphatic heterocycles. The SMILES string of the molecule is COc1ccc(C=CC(=O)Nc2sc3c(c2C#N)CCN(C(=O)O)C3)c(OC)c1OC. The van der Waals surface area contributed by atoms with Crippen LogP contribution in [0, 0.1) is 11.3 Å². The van der Waals surface area contributed by atoms with E-state index in [1.165, 1.54) is 43.6 Å². The summed E-state index contributed by atoms with van der Waals surface area (Å²) in [6.07, 6.45) is 2.33. The number of nitrogens with one attached hydrogen (secondary N) is 1. The molecule has 2 heterocycles. The Hall–Kier alpha value is -3.71. The first-order valence-corrected chi connectivity index (χ1v) is 10.1. The fraction of sp³-hybridized carbons (Fsp3) is 0.286. The van der Waals surface area contributed by atoms with Crippen LogP contribution in [-0.2, 0) is 17.8 Å². The topological polar surface area (TPSA) is 121 Å². The Morgan fingerprint density at radius 3 is 2.58 bits per heavy atom. The monoisotopic (exact) mass is 443 g/mol. The molecule has 0 fully saturated rings. The molecule has 0 saturated carbocycles. The van der Waals surface area contributed by atoms with Crippen molar-refractivity contribution in [2.75, 3.05) is 33.2 Å². The highest BCUT2D eigenvalue weighted by Gasteiger charge is 2.27. The van der Waals surface area contributed by atoms with E-state index in [2.05, 4.69) is 11.4 Å². The summed E-state index contributed by atoms with van der Waals surface area (Å²) in [5, 5.41) is 21.9. The van der Waals surface area contributed by atoms with Gasteiger partial charge >= 0.3 is 6.09 Å². The van der Waals surface area contributed by atoms with Crippen LogP contribution in [0.15, 0.2) is 18.2 Å². The first kappa shape index (κ1) is 22.0. The number of anilines is 1. The lowest BCUT2D eigenvalue weighted by atomic mass is 10.0. The van der Waals surface area contributed by atoms with Crippen molar-refractivity contribution in [2.24, 2.45) is 0 Å². The number of carbonyl (C=O) groups excluding carboxylic acids is 1. The highest BCUT2D eigenvalue weighted by atomic mass is 32.1. The molecule has 2 aromatic rings. The number of ether oxygens (including phenoxy) is 3. The molecule has 0 bridgehead atoms. The minimum absolute atomic E-state index is 0.207. The molecule has 31 heavy (non-hydrogen) atoms. The number of amides is 2. The summed E-state index contributed by atoms with van der Waals surface area (Å²) in [5.74, 6) is 0.901. The minimum Gasteiger partial charge on any atom is -0.493 e. The van der Waals surface area contributed by atoms with E-state index in [1.54, 1.807) is 18.2 Å². The van der Waals surface area contributed by atoms with Gasteiger partial charge in [-0.15, -0.1) is 11.3 Å². The van der Waals surface area contributed by atoms with Crippen molar-refractivity contribution in [1.82, 2.24) is 4.90 Å². The van der Waals surface area contributed by atoms with E-state index in [0.29, 0.717) is 46.3 Å². The van der Waals surface area contributed by atoms with Gasteiger partial charge in [-0.3, -0.25) is 4.79 Å². The number of hydrogen-bond donors (Lipinski definition) is 2. The molecule has 0 radical (unpaired) electrons. The normalized spacial score (nSPS) is 12.8. The summed E-state index contributed by atoms with van der Waals surface area (Å²) in [7, 11) is 4.50. The molecule has 9 nitrogen and oxygen atoms in total. The number of rotatable bonds is 6. The maximum Gasteiger partial charge on any atom is 0.407 e. The smallest absolute Gasteiger partial charge is 0.407 e. The molecule has 0 atom stereocenters. The van der Waals surface area contributed by atoms with Gasteiger partial charge in [0.2, 0.25) is 11.7 Å². The molecule has 0 saturated heterocycles. The molecule has 3 rings (SSSR count). The Morgan fingerprint density at radius 1 is 1.23 bits per heavy atom. The number of carboxylic acid groups (broad SMARTS) is 1. The number of methoxy groups -OCH3 is 3. The van der Waals surface area contributed by atoms with Crippen molar-refractivity contribution < 1.29 is 28.9 Å². The predicted octanol–water partition coefficient (Wildman–Crippen LogP) is 3.33. The van der Waals surface area contributed by atoms with E-state index in [1.807, 2.05) is 0 Å². The van der Waals surface area contributed by atoms with Crippen molar-refractivity contribution in [3.05, 3.63) is 39.8 Å². The quantitative estimate of drug-likeness (QED) is 0.657. The number of nitriles is 1. The number of benzene rings is 1. The van der Waals surface area contributed by atoms with Crippen LogP contribution < -0.4 is 19.5 Å². The maximum absolute atomic E-state index is 12.5. The first-order valence-electron chi connectivity index (χ1n) is 9.24. The van der Waals surface area contributed by atoms with E-state index in [-0.39, 0.29) is 6.54 Å². The highest BCUT2D eigenvalue weighted by molar-refractivity contribution is 7.16. The van der Waals surface area contributed by atoms with Gasteiger partial charge in [-0.1, -0.05) is 0 Å². The lowest BCUT2D eigenvalue weighted by Gasteiger charge is -2.23. The molecule has 2 amide bonds. The third-order valence-corrected chi connectivity index (χ3v) is 5.96. The lowest BCUT2D eigenvalue weighted by Crippen LogP contribution is -2.34. The van der Waals surface area contributed by atoms with E-state index >= 15 is 0 Å². The number of fused-ring (bicyclic) bond motifs is 1. The largest absolute Gasteiger partial charge is 0.493 e. The Labute approximate surface area is 183 Å². The number of nitrogens with zero attached hydrogens (tertiary/aromatic N) is 2. The summed E-state index contributed by atoms with van der Waals surface area (Å²) in [4.78, 5) is 25.8. The van der Waals surface area contributed by atoms with E-state index in [9.17, 15) is 20.0 Å². The third kappa shape index (κ3) is 4.41. The van der Waals surface area contributed by atoms with Crippen LogP contribution >= 0.6 is 11.3 Å². The first-order chi connectivity index (χ1) is 14.9. The van der Waals surface area contributed by atoms with E-state index in [4.69, 9.17) is 14.2 Å². The number of carbonyl (C=O) groups is 2. The van der Waals surface area contributed by atoms with Gasteiger partial charge in [-0.25, -0.2) is 4.79 Å². The summed E-state index contributed by atoms with van der Waals surface area (Å²) < 4.78 is 16.0. The van der Waals surface area contributed by atoms with Crippen molar-refractivity contribution in [3.63, 3.8) is 0 Å². The van der Waals surface area contributed by atoms with Gasteiger partial charge in [0.25, 0.3) is 0 Å². The van der Waals surface area contributed by atoms with Crippen molar-refractivity contribution in [1.29, 1.82) is 5.26 Å². The average Bonchev–Trinajstić information content (AvgIpc) is 3.12. The standard InChI is InChI=1S/C21H21N3O6S/c1-28-15-6-4-12(18(29-2)19(15)30-3)5-7-17(25)23-20-14(10-22)13-8-9-24(21(26)27)11-16(13)31-20/h4-7H,8-9,11H2,1-3H3,(H,23,25)(H,26,27). The van der Waals surface area contributed by atoms with Gasteiger partial charge < -0.3 is 29.5 Å². The van der Waals surface area contributed by atoms with Gasteiger partial charge in [0.05, 0.1) is 33.4 Å². The summed E-state index contributed by atoms with van der Waals surface area (Å²) >= 11 is 1.22. The van der Waals surface area contributed by atoms with Gasteiger partial charge in [0, 0.05) is 23.1 Å². The zero-order valence-corrected chi connectivity index (χ0v) is 18.0. The molecule has 10 heteroatoms. The Bertz CT molecular complexity index is 1090. The van der Waals surface area contributed by atoms with Gasteiger partial charge in [-0.05, 0) is 30.2 Å². The van der Waals surface area contributed by atoms with Crippen LogP contribution in [0.25, 0.3) is 6.08 Å². The fourth-order valence-corrected chi connectivity index (χ4v) is 4.56. The molecule has 2 N–H and O–H groups in total. The van der Waals surface area contributed by atoms with Gasteiger partial charge in [0.15, 0.2) is 11.5 Å². The van der Waals surface area contributed by atoms with Crippen LogP contribution in [0.5, 0.6) is 17.2 Å². The number of hydrogen-bond acceptors (Lipinski definition) is 7. The van der Waals surface area contributed by atoms with Crippen molar-refractivity contribution in [2.45, 2.75) is 13.0 Å². The van der Waals surface area contributed by atoms with Crippen LogP contribution in [0.1, 0.15) is 21.6 Å². The summed E-state index contributed by atoms with van der Waals surface area (Å²) in [6, 6.07) is 5.56. The maximum atomic E-state index is 12.5. The second-order valence-corrected chi connectivity index (χ2v) is 7.63. The molecule has 0 spiro atoms. The summed E-state index contributed by atoms with van der Waals surface area (Å²) in [5.41, 5.74) is 1.79. The van der Waals surface area contributed by atoms with Crippen LogP contribution in [0.2, 0.25) is 0 Å². The molecule has 1 aliphatic rings. The van der Waals surface area contributed by atoms with Gasteiger partial charge in [-0.2, -0.15) is 5.26 Å². The van der Waals surface area contributed by atoms with Crippen LogP contribution in [0.4, 0.5) is 9.80 Å². The third-order valence-electron chi connectivity index (χ3n) is 4.82. The van der Waals surface area contributed by atoms with Crippen molar-refractivity contribution >= 4 is 34.4 Å². The molecule has 1 aromatic carbocycles. The van der Waals surface area contributed by atoms with E-state index < -0.39 is 12.0 Å². The fourth-order valence-electron chi connectivity index (χ4n) is 3.35.